The Kier molecular flexibility index (Phi) is 16.5. The van der Waals surface area contributed by atoms with Crippen LogP contribution in [0.3, 0.4) is 0 Å². The van der Waals surface area contributed by atoms with E-state index in [2.05, 4.69) is 427 Å². The van der Waals surface area contributed by atoms with Gasteiger partial charge in [0, 0.05) is 98.3 Å². The summed E-state index contributed by atoms with van der Waals surface area (Å²) in [5, 5.41) is 14.0. The van der Waals surface area contributed by atoms with Crippen LogP contribution in [0.5, 0.6) is 0 Å². The summed E-state index contributed by atoms with van der Waals surface area (Å²) < 4.78 is 6.40. The van der Waals surface area contributed by atoms with Crippen LogP contribution in [0.4, 0.5) is 28.4 Å². The number of nitrogens with zero attached hydrogens (tertiary/aromatic N) is 1. The second kappa shape index (κ2) is 27.6. The molecule has 2 aliphatic carbocycles. The van der Waals surface area contributed by atoms with Crippen LogP contribution >= 0.6 is 62.1 Å². The largest absolute Gasteiger partial charge is 0.355 e. The number of para-hydroxylation sites is 2. The second-order valence-corrected chi connectivity index (χ2v) is 34.6. The van der Waals surface area contributed by atoms with E-state index in [1.807, 2.05) is 46.2 Å². The molecule has 2 aromatic heterocycles. The van der Waals surface area contributed by atoms with Gasteiger partial charge in [-0.2, -0.15) is 0 Å². The molecule has 1 N–H and O–H groups in total. The van der Waals surface area contributed by atoms with E-state index >= 15 is 0 Å². The molecule has 532 valence electrons. The molecule has 18 aromatic carbocycles. The molecule has 0 atom stereocenters. The highest BCUT2D eigenvalue weighted by molar-refractivity contribution is 9.10. The highest BCUT2D eigenvalue weighted by Gasteiger charge is 2.53. The Morgan fingerprint density at radius 2 is 0.655 bits per heavy atom. The van der Waals surface area contributed by atoms with Gasteiger partial charge in [0.05, 0.1) is 16.5 Å². The lowest BCUT2D eigenvalue weighted by atomic mass is 9.66. The fourth-order valence-corrected chi connectivity index (χ4v) is 23.6. The van der Waals surface area contributed by atoms with Gasteiger partial charge in [-0.05, 0) is 209 Å². The van der Waals surface area contributed by atoms with Crippen LogP contribution in [0.25, 0.3) is 106 Å². The molecule has 2 nitrogen and oxygen atoms in total. The third-order valence-corrected chi connectivity index (χ3v) is 28.5. The number of hydrogen-bond donors (Lipinski definition) is 1. The lowest BCUT2D eigenvalue weighted by Gasteiger charge is -2.40. The van der Waals surface area contributed by atoms with Gasteiger partial charge < -0.3 is 10.2 Å². The molecule has 7 heteroatoms. The zero-order valence-electron chi connectivity index (χ0n) is 61.1. The zero-order chi connectivity index (χ0) is 74.7. The van der Waals surface area contributed by atoms with Crippen molar-refractivity contribution in [1.82, 2.24) is 0 Å². The molecule has 0 unspecified atom stereocenters. The molecule has 4 heterocycles. The average molecular weight is 1580 g/mol. The molecule has 0 bridgehead atoms. The summed E-state index contributed by atoms with van der Waals surface area (Å²) >= 11 is 11.3. The van der Waals surface area contributed by atoms with Crippen molar-refractivity contribution in [3.8, 4) is 44.5 Å². The van der Waals surface area contributed by atoms with Crippen molar-refractivity contribution in [2.75, 3.05) is 10.2 Å². The summed E-state index contributed by atoms with van der Waals surface area (Å²) in [6.07, 6.45) is 0. The van der Waals surface area contributed by atoms with Crippen molar-refractivity contribution in [2.24, 2.45) is 0 Å². The van der Waals surface area contributed by atoms with Gasteiger partial charge in [-0.25, -0.2) is 0 Å². The SMILES string of the molecule is Brc1ccc2c(c1)C1(c3ccccc3Sc3ccccc31)c1c-2ccc2ccccc12.c1ccc(-c2ccccc2N(c2ccc3c(c2)C2(c4ccccc4Sc4ccccc42)c2c-3ccc3ccccc23)c2ccc3sc4ccccc4c3c2)cc1.c1ccc(-c2ccccc2Nc2ccc3sc4ccccc4c3c2)cc1. The van der Waals surface area contributed by atoms with E-state index in [1.165, 1.54) is 170 Å². The summed E-state index contributed by atoms with van der Waals surface area (Å²) in [7, 11) is 0. The predicted octanol–water partition coefficient (Wildman–Crippen LogP) is 31.1. The Labute approximate surface area is 681 Å². The topological polar surface area (TPSA) is 15.3 Å². The lowest BCUT2D eigenvalue weighted by Crippen LogP contribution is -2.32. The van der Waals surface area contributed by atoms with Gasteiger partial charge in [0.2, 0.25) is 0 Å². The fraction of sp³-hybridized carbons (Fsp3) is 0.0189. The minimum atomic E-state index is -0.516. The van der Waals surface area contributed by atoms with Gasteiger partial charge in [-0.15, -0.1) is 22.7 Å². The molecule has 0 radical (unpaired) electrons. The smallest absolute Gasteiger partial charge is 0.0742 e. The Morgan fingerprint density at radius 3 is 1.22 bits per heavy atom. The van der Waals surface area contributed by atoms with Gasteiger partial charge in [-0.1, -0.05) is 331 Å². The van der Waals surface area contributed by atoms with Crippen LogP contribution in [0.1, 0.15) is 44.5 Å². The van der Waals surface area contributed by atoms with Crippen molar-refractivity contribution in [2.45, 2.75) is 30.4 Å². The number of nitrogens with one attached hydrogen (secondary N) is 1. The number of rotatable bonds is 7. The van der Waals surface area contributed by atoms with Crippen molar-refractivity contribution in [1.29, 1.82) is 0 Å². The predicted molar refractivity (Wildman–Crippen MR) is 486 cm³/mol. The maximum atomic E-state index is 3.78. The maximum Gasteiger partial charge on any atom is 0.0742 e. The molecule has 24 rings (SSSR count). The first kappa shape index (κ1) is 67.6. The zero-order valence-corrected chi connectivity index (χ0v) is 65.9. The molecular weight excluding hydrogens is 1510 g/mol. The average Bonchev–Trinajstić information content (AvgIpc) is 1.53. The van der Waals surface area contributed by atoms with Crippen molar-refractivity contribution < 1.29 is 0 Å². The van der Waals surface area contributed by atoms with Crippen LogP contribution in [0.2, 0.25) is 0 Å². The van der Waals surface area contributed by atoms with E-state index in [-0.39, 0.29) is 5.41 Å². The number of anilines is 5. The molecule has 2 spiro atoms. The first-order valence-electron chi connectivity index (χ1n) is 38.4. The Hall–Kier alpha value is -12.3. The first-order valence-corrected chi connectivity index (χ1v) is 42.4. The molecule has 20 aromatic rings. The third-order valence-electron chi connectivity index (χ3n) is 23.4. The summed E-state index contributed by atoms with van der Waals surface area (Å²) in [5.41, 5.74) is 25.9. The van der Waals surface area contributed by atoms with E-state index in [4.69, 9.17) is 0 Å². The quantitative estimate of drug-likeness (QED) is 0.171. The van der Waals surface area contributed by atoms with Crippen LogP contribution < -0.4 is 10.2 Å². The molecule has 113 heavy (non-hydrogen) atoms. The molecule has 0 saturated carbocycles. The minimum absolute atomic E-state index is 0.326. The van der Waals surface area contributed by atoms with Gasteiger partial charge in [0.25, 0.3) is 0 Å². The van der Waals surface area contributed by atoms with Crippen molar-refractivity contribution in [3.05, 3.63) is 449 Å². The number of benzene rings is 18. The van der Waals surface area contributed by atoms with Crippen molar-refractivity contribution in [3.63, 3.8) is 0 Å². The van der Waals surface area contributed by atoms with Gasteiger partial charge in [-0.3, -0.25) is 0 Å². The molecule has 0 saturated heterocycles. The fourth-order valence-electron chi connectivity index (χ4n) is 18.7. The molecule has 4 aliphatic rings. The van der Waals surface area contributed by atoms with Crippen LogP contribution in [0.15, 0.2) is 424 Å². The monoisotopic (exact) mass is 1570 g/mol. The summed E-state index contributed by atoms with van der Waals surface area (Å²) in [4.78, 5) is 7.80. The number of halogens is 1. The Morgan fingerprint density at radius 1 is 0.257 bits per heavy atom. The first-order chi connectivity index (χ1) is 55.9. The summed E-state index contributed by atoms with van der Waals surface area (Å²) in [5.74, 6) is 0. The molecular formula is C106H67BrN2S4. The van der Waals surface area contributed by atoms with Gasteiger partial charge >= 0.3 is 0 Å². The normalized spacial score (nSPS) is 13.2. The highest BCUT2D eigenvalue weighted by Crippen LogP contribution is 2.66. The maximum absolute atomic E-state index is 3.78. The molecule has 0 amide bonds. The van der Waals surface area contributed by atoms with E-state index in [1.54, 1.807) is 0 Å². The standard InChI is InChI=1S/C53H33NS2.C29H17BrS.C24H17NS/c1-2-14-34(15-3-1)38-17-6-10-22-47(38)54(36-28-31-49-43(32-36)41-19-7-11-23-48(41)55-49)37-27-30-40-42-29-26-35-16-4-5-18-39(35)52(42)53(46(40)33-37)44-20-8-12-24-50(44)56-51-25-13-9-21-45(51)53;30-19-14-16-21-22-15-13-18-7-1-2-8-20(18)28(22)29(25(21)17-19)23-9-3-5-11-26(23)31-27-12-6-4-10-24(27)29;1-2-8-17(9-3-1)19-10-4-6-12-22(19)25-18-14-15-24-21(16-18)20-11-5-7-13-23(20)26-24/h1-33H;1-17H;1-16,25H. The minimum Gasteiger partial charge on any atom is -0.355 e. The molecule has 2 aliphatic heterocycles. The Balaban J connectivity index is 0.000000115. The van der Waals surface area contributed by atoms with Gasteiger partial charge in [0.1, 0.15) is 0 Å². The van der Waals surface area contributed by atoms with Crippen LogP contribution in [0, 0.1) is 0 Å². The summed E-state index contributed by atoms with van der Waals surface area (Å²) in [6.45, 7) is 0. The lowest BCUT2D eigenvalue weighted by molar-refractivity contribution is 0.728. The van der Waals surface area contributed by atoms with E-state index in [0.29, 0.717) is 0 Å². The molecule has 0 fully saturated rings. The van der Waals surface area contributed by atoms with E-state index < -0.39 is 5.41 Å². The number of hydrogen-bond acceptors (Lipinski definition) is 6. The highest BCUT2D eigenvalue weighted by atomic mass is 79.9. The van der Waals surface area contributed by atoms with Crippen LogP contribution in [-0.2, 0) is 10.8 Å². The second-order valence-electron chi connectivity index (χ2n) is 29.4. The third kappa shape index (κ3) is 10.9. The van der Waals surface area contributed by atoms with Gasteiger partial charge in [0.15, 0.2) is 0 Å². The summed E-state index contributed by atoms with van der Waals surface area (Å²) in [6, 6.07) is 147. The number of thiophene rings is 2. The Bertz CT molecular complexity index is 7130. The van der Waals surface area contributed by atoms with Crippen molar-refractivity contribution >= 4 is 152 Å². The van der Waals surface area contributed by atoms with Crippen LogP contribution in [-0.4, -0.2) is 0 Å². The number of fused-ring (bicyclic) bond motifs is 28. The van der Waals surface area contributed by atoms with E-state index in [0.717, 1.165) is 32.9 Å². The van der Waals surface area contributed by atoms with E-state index in [9.17, 15) is 0 Å².